The van der Waals surface area contributed by atoms with Crippen molar-refractivity contribution < 1.29 is 17.9 Å². The summed E-state index contributed by atoms with van der Waals surface area (Å²) in [6, 6.07) is 9.86. The lowest BCUT2D eigenvalue weighted by Gasteiger charge is -2.50. The molecule has 0 bridgehead atoms. The first-order valence-corrected chi connectivity index (χ1v) is 11.0. The van der Waals surface area contributed by atoms with Crippen LogP contribution in [0.2, 0.25) is 0 Å². The Hall–Kier alpha value is -1.44. The van der Waals surface area contributed by atoms with Crippen molar-refractivity contribution in [2.24, 2.45) is 5.41 Å². The van der Waals surface area contributed by atoms with Gasteiger partial charge in [0.2, 0.25) is 15.9 Å². The summed E-state index contributed by atoms with van der Waals surface area (Å²) in [4.78, 5) is 15.1. The molecule has 3 rings (SSSR count). The third-order valence-corrected chi connectivity index (χ3v) is 7.09. The van der Waals surface area contributed by atoms with E-state index in [1.807, 2.05) is 42.2 Å². The molecule has 0 aliphatic carbocycles. The van der Waals surface area contributed by atoms with Crippen molar-refractivity contribution in [3.63, 3.8) is 0 Å². The second-order valence-electron chi connectivity index (χ2n) is 7.28. The Morgan fingerprint density at radius 1 is 1.15 bits per heavy atom. The van der Waals surface area contributed by atoms with Crippen LogP contribution in [0.15, 0.2) is 30.3 Å². The van der Waals surface area contributed by atoms with Gasteiger partial charge in [-0.15, -0.1) is 0 Å². The summed E-state index contributed by atoms with van der Waals surface area (Å²) in [5.74, 6) is 0.225. The number of amides is 1. The number of nitrogens with zero attached hydrogens (tertiary/aromatic N) is 2. The van der Waals surface area contributed by atoms with E-state index in [9.17, 15) is 13.2 Å². The van der Waals surface area contributed by atoms with Crippen LogP contribution < -0.4 is 0 Å². The Balaban J connectivity index is 1.77. The smallest absolute Gasteiger partial charge is 0.231 e. The summed E-state index contributed by atoms with van der Waals surface area (Å²) in [6.07, 6.45) is 2.07. The summed E-state index contributed by atoms with van der Waals surface area (Å²) in [5.41, 5.74) is 0.414. The normalized spacial score (nSPS) is 20.6. The Morgan fingerprint density at radius 3 is 2.42 bits per heavy atom. The van der Waals surface area contributed by atoms with E-state index in [2.05, 4.69) is 0 Å². The molecule has 0 spiro atoms. The molecule has 2 aliphatic heterocycles. The lowest BCUT2D eigenvalue weighted by atomic mass is 9.75. The van der Waals surface area contributed by atoms with E-state index < -0.39 is 15.4 Å². The van der Waals surface area contributed by atoms with Crippen molar-refractivity contribution in [3.8, 4) is 0 Å². The molecule has 0 saturated carbocycles. The van der Waals surface area contributed by atoms with E-state index in [-0.39, 0.29) is 24.7 Å². The summed E-state index contributed by atoms with van der Waals surface area (Å²) in [5, 5.41) is 0. The number of hydrogen-bond donors (Lipinski definition) is 0. The molecule has 7 heteroatoms. The van der Waals surface area contributed by atoms with Crippen molar-refractivity contribution >= 4 is 15.9 Å². The van der Waals surface area contributed by atoms with E-state index in [1.54, 1.807) is 0 Å². The molecule has 2 heterocycles. The SMILES string of the molecule is CCCCS(=O)(=O)N1CC(Cc2ccccc2)(C(=O)N2CCOCC2)C1. The third-order valence-electron chi connectivity index (χ3n) is 5.24. The van der Waals surface area contributed by atoms with Crippen molar-refractivity contribution in [3.05, 3.63) is 35.9 Å². The fraction of sp³-hybridized carbons (Fsp3) is 0.632. The zero-order valence-corrected chi connectivity index (χ0v) is 16.2. The Kier molecular flexibility index (Phi) is 5.99. The van der Waals surface area contributed by atoms with Gasteiger partial charge in [-0.1, -0.05) is 43.7 Å². The molecule has 1 aromatic carbocycles. The first-order chi connectivity index (χ1) is 12.5. The van der Waals surface area contributed by atoms with E-state index in [0.29, 0.717) is 39.1 Å². The van der Waals surface area contributed by atoms with Crippen LogP contribution in [0.25, 0.3) is 0 Å². The minimum Gasteiger partial charge on any atom is -0.378 e. The zero-order chi connectivity index (χ0) is 18.6. The summed E-state index contributed by atoms with van der Waals surface area (Å²) < 4.78 is 31.8. The second kappa shape index (κ2) is 8.06. The Labute approximate surface area is 156 Å². The number of carbonyl (C=O) groups is 1. The fourth-order valence-electron chi connectivity index (χ4n) is 3.69. The van der Waals surface area contributed by atoms with E-state index >= 15 is 0 Å². The molecular weight excluding hydrogens is 352 g/mol. The topological polar surface area (TPSA) is 66.9 Å². The first kappa shape index (κ1) is 19.3. The molecule has 0 aromatic heterocycles. The highest BCUT2D eigenvalue weighted by atomic mass is 32.2. The number of hydrogen-bond acceptors (Lipinski definition) is 4. The van der Waals surface area contributed by atoms with E-state index in [1.165, 1.54) is 4.31 Å². The number of unbranched alkanes of at least 4 members (excludes halogenated alkanes) is 1. The summed E-state index contributed by atoms with van der Waals surface area (Å²) >= 11 is 0. The number of carbonyl (C=O) groups excluding carboxylic acids is 1. The van der Waals surface area contributed by atoms with Gasteiger partial charge in [0.05, 0.1) is 24.4 Å². The largest absolute Gasteiger partial charge is 0.378 e. The molecule has 1 aromatic rings. The minimum absolute atomic E-state index is 0.0617. The quantitative estimate of drug-likeness (QED) is 0.719. The van der Waals surface area contributed by atoms with Gasteiger partial charge in [-0.25, -0.2) is 8.42 Å². The van der Waals surface area contributed by atoms with Crippen molar-refractivity contribution in [2.45, 2.75) is 26.2 Å². The minimum atomic E-state index is -3.28. The van der Waals surface area contributed by atoms with Crippen LogP contribution in [0.4, 0.5) is 0 Å². The molecule has 0 unspecified atom stereocenters. The monoisotopic (exact) mass is 380 g/mol. The summed E-state index contributed by atoms with van der Waals surface area (Å²) in [7, 11) is -3.28. The zero-order valence-electron chi connectivity index (χ0n) is 15.4. The predicted molar refractivity (Wildman–Crippen MR) is 100 cm³/mol. The molecule has 0 radical (unpaired) electrons. The average Bonchev–Trinajstić information content (AvgIpc) is 2.63. The van der Waals surface area contributed by atoms with Crippen LogP contribution in [0, 0.1) is 5.41 Å². The highest BCUT2D eigenvalue weighted by Crippen LogP contribution is 2.38. The summed E-state index contributed by atoms with van der Waals surface area (Å²) in [6.45, 7) is 4.80. The average molecular weight is 381 g/mol. The van der Waals surface area contributed by atoms with E-state index in [0.717, 1.165) is 12.0 Å². The molecule has 1 amide bonds. The molecule has 6 nitrogen and oxygen atoms in total. The van der Waals surface area contributed by atoms with Crippen LogP contribution >= 0.6 is 0 Å². The maximum Gasteiger partial charge on any atom is 0.231 e. The lowest BCUT2D eigenvalue weighted by molar-refractivity contribution is -0.153. The molecule has 0 atom stereocenters. The fourth-order valence-corrected chi connectivity index (χ4v) is 5.49. The molecule has 2 fully saturated rings. The Bertz CT molecular complexity index is 708. The van der Waals surface area contributed by atoms with Crippen LogP contribution in [0.1, 0.15) is 25.3 Å². The molecular formula is C19H28N2O4S. The highest BCUT2D eigenvalue weighted by Gasteiger charge is 2.54. The van der Waals surface area contributed by atoms with Gasteiger partial charge in [-0.3, -0.25) is 4.79 Å². The molecule has 2 aliphatic rings. The third kappa shape index (κ3) is 4.10. The lowest BCUT2D eigenvalue weighted by Crippen LogP contribution is -2.66. The van der Waals surface area contributed by atoms with Gasteiger partial charge in [0, 0.05) is 26.2 Å². The molecule has 144 valence electrons. The van der Waals surface area contributed by atoms with E-state index in [4.69, 9.17) is 4.74 Å². The van der Waals surface area contributed by atoms with Crippen LogP contribution in [0.3, 0.4) is 0 Å². The first-order valence-electron chi connectivity index (χ1n) is 9.36. The maximum atomic E-state index is 13.2. The van der Waals surface area contributed by atoms with Crippen LogP contribution in [0.5, 0.6) is 0 Å². The van der Waals surface area contributed by atoms with Gasteiger partial charge < -0.3 is 9.64 Å². The number of benzene rings is 1. The molecule has 0 N–H and O–H groups in total. The highest BCUT2D eigenvalue weighted by molar-refractivity contribution is 7.89. The van der Waals surface area contributed by atoms with Crippen molar-refractivity contribution in [1.29, 1.82) is 0 Å². The van der Waals surface area contributed by atoms with Gasteiger partial charge in [-0.05, 0) is 18.4 Å². The second-order valence-corrected chi connectivity index (χ2v) is 9.37. The Morgan fingerprint density at radius 2 is 1.81 bits per heavy atom. The number of morpholine rings is 1. The van der Waals surface area contributed by atoms with Crippen molar-refractivity contribution in [2.75, 3.05) is 45.1 Å². The van der Waals surface area contributed by atoms with Gasteiger partial charge in [-0.2, -0.15) is 4.31 Å². The number of ether oxygens (including phenoxy) is 1. The maximum absolute atomic E-state index is 13.2. The van der Waals surface area contributed by atoms with Gasteiger partial charge >= 0.3 is 0 Å². The molecule has 26 heavy (non-hydrogen) atoms. The van der Waals surface area contributed by atoms with Gasteiger partial charge in [0.25, 0.3) is 0 Å². The van der Waals surface area contributed by atoms with Gasteiger partial charge in [0.1, 0.15) is 0 Å². The number of sulfonamides is 1. The van der Waals surface area contributed by atoms with Crippen LogP contribution in [-0.2, 0) is 26.0 Å². The van der Waals surface area contributed by atoms with Crippen molar-refractivity contribution in [1.82, 2.24) is 9.21 Å². The number of rotatable bonds is 7. The predicted octanol–water partition coefficient (Wildman–Crippen LogP) is 1.52. The van der Waals surface area contributed by atoms with Crippen LogP contribution in [-0.4, -0.2) is 68.7 Å². The van der Waals surface area contributed by atoms with Gasteiger partial charge in [0.15, 0.2) is 0 Å². The standard InChI is InChI=1S/C19H28N2O4S/c1-2-3-13-26(23,24)21-15-19(16-21,14-17-7-5-4-6-8-17)18(22)20-9-11-25-12-10-20/h4-8H,2-3,9-16H2,1H3. The molecule has 2 saturated heterocycles.